The maximum absolute atomic E-state index is 10.1. The van der Waals surface area contributed by atoms with Crippen molar-refractivity contribution in [3.8, 4) is 0 Å². The number of hydrogen-bond acceptors (Lipinski definition) is 5. The average molecular weight is 429 g/mol. The number of allylic oxidation sites excluding steroid dienone is 2. The van der Waals surface area contributed by atoms with Crippen LogP contribution in [0.15, 0.2) is 12.2 Å². The summed E-state index contributed by atoms with van der Waals surface area (Å²) in [4.78, 5) is 0. The highest BCUT2D eigenvalue weighted by atomic mass is 16.6. The molecule has 5 heteroatoms. The molecule has 0 amide bonds. The number of rotatable bonds is 20. The first-order chi connectivity index (χ1) is 14.7. The van der Waals surface area contributed by atoms with E-state index in [-0.39, 0.29) is 6.61 Å². The molecule has 0 unspecified atom stereocenters. The molecule has 5 nitrogen and oxygen atoms in total. The Bertz CT molecular complexity index is 401. The summed E-state index contributed by atoms with van der Waals surface area (Å²) in [6, 6.07) is 0. The van der Waals surface area contributed by atoms with Gasteiger partial charge in [0.25, 0.3) is 0 Å². The lowest BCUT2D eigenvalue weighted by Gasteiger charge is -2.20. The van der Waals surface area contributed by atoms with E-state index in [2.05, 4.69) is 19.1 Å². The fraction of sp³-hybridized carbons (Fsp3) is 0.920. The van der Waals surface area contributed by atoms with Gasteiger partial charge in [0, 0.05) is 6.61 Å². The molecule has 1 saturated heterocycles. The van der Waals surface area contributed by atoms with Crippen LogP contribution >= 0.6 is 0 Å². The largest absolute Gasteiger partial charge is 0.394 e. The molecule has 1 rings (SSSR count). The molecule has 0 saturated carbocycles. The van der Waals surface area contributed by atoms with Gasteiger partial charge in [0.05, 0.1) is 13.2 Å². The van der Waals surface area contributed by atoms with E-state index < -0.39 is 31.0 Å². The van der Waals surface area contributed by atoms with Crippen LogP contribution in [0.3, 0.4) is 0 Å². The summed E-state index contributed by atoms with van der Waals surface area (Å²) in [5.74, 6) is 0. The molecule has 0 radical (unpaired) electrons. The Labute approximate surface area is 184 Å². The van der Waals surface area contributed by atoms with E-state index in [0.29, 0.717) is 6.61 Å². The van der Waals surface area contributed by atoms with E-state index in [1.165, 1.54) is 77.0 Å². The molecule has 178 valence electrons. The molecule has 0 aliphatic carbocycles. The molecule has 30 heavy (non-hydrogen) atoms. The molecule has 4 atom stereocenters. The Morgan fingerprint density at radius 2 is 1.40 bits per heavy atom. The van der Waals surface area contributed by atoms with E-state index in [4.69, 9.17) is 14.6 Å². The van der Waals surface area contributed by atoms with Crippen molar-refractivity contribution in [2.75, 3.05) is 19.8 Å². The number of aliphatic hydroxyl groups is 3. The van der Waals surface area contributed by atoms with Gasteiger partial charge in [0.15, 0.2) is 0 Å². The molecule has 3 N–H and O–H groups in total. The van der Waals surface area contributed by atoms with Gasteiger partial charge in [-0.3, -0.25) is 0 Å². The van der Waals surface area contributed by atoms with Crippen LogP contribution in [-0.2, 0) is 9.47 Å². The molecule has 1 aliphatic heterocycles. The van der Waals surface area contributed by atoms with Gasteiger partial charge in [-0.15, -0.1) is 0 Å². The van der Waals surface area contributed by atoms with Crippen LogP contribution in [0, 0.1) is 0 Å². The van der Waals surface area contributed by atoms with Crippen molar-refractivity contribution in [2.24, 2.45) is 0 Å². The van der Waals surface area contributed by atoms with Crippen LogP contribution in [0.5, 0.6) is 0 Å². The Morgan fingerprint density at radius 3 is 1.97 bits per heavy atom. The van der Waals surface area contributed by atoms with Crippen LogP contribution in [0.4, 0.5) is 0 Å². The third-order valence-corrected chi connectivity index (χ3v) is 5.97. The zero-order valence-corrected chi connectivity index (χ0v) is 19.4. The standard InChI is InChI=1S/C25H48O5/c1-2-3-4-5-6-7-8-9-10-11-12-13-14-15-16-17-18-19-29-23-21-30-25(24(23)28)22(27)20-26/h12-13,22-28H,2-11,14-21H2,1H3/b13-12+/t22-,23+,24+,25+/m0/s1. The highest BCUT2D eigenvalue weighted by Crippen LogP contribution is 2.20. The van der Waals surface area contributed by atoms with Crippen LogP contribution in [-0.4, -0.2) is 59.6 Å². The molecule has 0 spiro atoms. The number of unbranched alkanes of at least 4 members (excludes halogenated alkanes) is 13. The van der Waals surface area contributed by atoms with E-state index in [1.807, 2.05) is 0 Å². The second-order valence-electron chi connectivity index (χ2n) is 8.74. The first-order valence-electron chi connectivity index (χ1n) is 12.6. The zero-order valence-electron chi connectivity index (χ0n) is 19.4. The summed E-state index contributed by atoms with van der Waals surface area (Å²) >= 11 is 0. The maximum atomic E-state index is 10.1. The smallest absolute Gasteiger partial charge is 0.114 e. The van der Waals surface area contributed by atoms with Crippen molar-refractivity contribution in [2.45, 2.75) is 128 Å². The predicted molar refractivity (Wildman–Crippen MR) is 123 cm³/mol. The van der Waals surface area contributed by atoms with Crippen molar-refractivity contribution in [3.63, 3.8) is 0 Å². The lowest BCUT2D eigenvalue weighted by atomic mass is 10.1. The molecule has 0 aromatic rings. The second kappa shape index (κ2) is 19.2. The molecule has 0 aromatic carbocycles. The van der Waals surface area contributed by atoms with Gasteiger partial charge in [-0.2, -0.15) is 0 Å². The quantitative estimate of drug-likeness (QED) is 0.190. The summed E-state index contributed by atoms with van der Waals surface area (Å²) in [5.41, 5.74) is 0. The highest BCUT2D eigenvalue weighted by molar-refractivity contribution is 4.88. The van der Waals surface area contributed by atoms with Gasteiger partial charge in [-0.1, -0.05) is 83.3 Å². The molecule has 1 aliphatic rings. The minimum Gasteiger partial charge on any atom is -0.394 e. The monoisotopic (exact) mass is 428 g/mol. The second-order valence-corrected chi connectivity index (χ2v) is 8.74. The Morgan fingerprint density at radius 1 is 0.867 bits per heavy atom. The third-order valence-electron chi connectivity index (χ3n) is 5.97. The lowest BCUT2D eigenvalue weighted by molar-refractivity contribution is -0.0730. The minimum absolute atomic E-state index is 0.270. The van der Waals surface area contributed by atoms with E-state index in [1.54, 1.807) is 0 Å². The third kappa shape index (κ3) is 13.1. The molecule has 0 bridgehead atoms. The van der Waals surface area contributed by atoms with Crippen LogP contribution in [0.1, 0.15) is 103 Å². The van der Waals surface area contributed by atoms with Gasteiger partial charge in [0.1, 0.15) is 24.4 Å². The lowest BCUT2D eigenvalue weighted by Crippen LogP contribution is -2.41. The Balaban J connectivity index is 1.82. The van der Waals surface area contributed by atoms with Crippen molar-refractivity contribution in [3.05, 3.63) is 12.2 Å². The fourth-order valence-electron chi connectivity index (χ4n) is 3.97. The van der Waals surface area contributed by atoms with Gasteiger partial charge in [0.2, 0.25) is 0 Å². The summed E-state index contributed by atoms with van der Waals surface area (Å²) in [6.07, 6.45) is 21.0. The molecule has 1 heterocycles. The Kier molecular flexibility index (Phi) is 17.7. The van der Waals surface area contributed by atoms with Crippen molar-refractivity contribution < 1.29 is 24.8 Å². The summed E-state index contributed by atoms with van der Waals surface area (Å²) < 4.78 is 11.0. The van der Waals surface area contributed by atoms with Crippen LogP contribution in [0.25, 0.3) is 0 Å². The fourth-order valence-corrected chi connectivity index (χ4v) is 3.97. The highest BCUT2D eigenvalue weighted by Gasteiger charge is 2.40. The molecule has 1 fully saturated rings. The van der Waals surface area contributed by atoms with E-state index >= 15 is 0 Å². The predicted octanol–water partition coefficient (Wildman–Crippen LogP) is 4.91. The minimum atomic E-state index is -1.05. The molecule has 0 aromatic heterocycles. The first-order valence-corrected chi connectivity index (χ1v) is 12.6. The van der Waals surface area contributed by atoms with Crippen LogP contribution < -0.4 is 0 Å². The SMILES string of the molecule is CCCCCCCCCCC/C=C/CCCCCCO[C@@H]1CO[C@H]([C@@H](O)CO)[C@@H]1O. The van der Waals surface area contributed by atoms with Gasteiger partial charge in [-0.25, -0.2) is 0 Å². The normalized spacial score (nSPS) is 22.9. The van der Waals surface area contributed by atoms with E-state index in [0.717, 1.165) is 19.3 Å². The topological polar surface area (TPSA) is 79.2 Å². The maximum Gasteiger partial charge on any atom is 0.114 e. The van der Waals surface area contributed by atoms with E-state index in [9.17, 15) is 10.2 Å². The Hall–Kier alpha value is -0.460. The van der Waals surface area contributed by atoms with Crippen molar-refractivity contribution in [1.82, 2.24) is 0 Å². The van der Waals surface area contributed by atoms with Crippen LogP contribution in [0.2, 0.25) is 0 Å². The number of ether oxygens (including phenoxy) is 2. The number of hydrogen-bond donors (Lipinski definition) is 3. The van der Waals surface area contributed by atoms with Gasteiger partial charge >= 0.3 is 0 Å². The van der Waals surface area contributed by atoms with Gasteiger partial charge < -0.3 is 24.8 Å². The zero-order chi connectivity index (χ0) is 21.9. The van der Waals surface area contributed by atoms with Crippen molar-refractivity contribution in [1.29, 1.82) is 0 Å². The summed E-state index contributed by atoms with van der Waals surface area (Å²) in [6.45, 7) is 2.73. The number of aliphatic hydroxyl groups excluding tert-OH is 3. The van der Waals surface area contributed by atoms with Crippen molar-refractivity contribution >= 4 is 0 Å². The van der Waals surface area contributed by atoms with Gasteiger partial charge in [-0.05, 0) is 32.1 Å². The molecular formula is C25H48O5. The average Bonchev–Trinajstić information content (AvgIpc) is 3.12. The molecular weight excluding hydrogens is 380 g/mol. The first kappa shape index (κ1) is 27.6. The summed E-state index contributed by atoms with van der Waals surface area (Å²) in [5, 5.41) is 28.6. The summed E-state index contributed by atoms with van der Waals surface area (Å²) in [7, 11) is 0.